The molecule has 1 unspecified atom stereocenters. The van der Waals surface area contributed by atoms with Crippen LogP contribution in [0.15, 0.2) is 12.1 Å². The number of aromatic nitrogens is 1. The van der Waals surface area contributed by atoms with Gasteiger partial charge in [0.2, 0.25) is 0 Å². The number of nitrogens with zero attached hydrogens (tertiary/aromatic N) is 1. The van der Waals surface area contributed by atoms with Crippen LogP contribution < -0.4 is 10.5 Å². The molecule has 0 aliphatic heterocycles. The summed E-state index contributed by atoms with van der Waals surface area (Å²) in [5.41, 5.74) is 7.02. The molecule has 0 radical (unpaired) electrons. The first-order valence-corrected chi connectivity index (χ1v) is 4.75. The third-order valence-corrected chi connectivity index (χ3v) is 1.91. The van der Waals surface area contributed by atoms with Crippen LogP contribution in [0, 0.1) is 6.92 Å². The maximum atomic E-state index is 9.11. The molecule has 0 aliphatic carbocycles. The predicted octanol–water partition coefficient (Wildman–Crippen LogP) is -0.419. The second-order valence-corrected chi connectivity index (χ2v) is 3.25. The average molecular weight is 212 g/mol. The average Bonchev–Trinajstić information content (AvgIpc) is 2.26. The summed E-state index contributed by atoms with van der Waals surface area (Å²) in [6.45, 7) is 1.86. The molecule has 0 bridgehead atoms. The maximum absolute atomic E-state index is 9.11. The van der Waals surface area contributed by atoms with E-state index in [1.165, 1.54) is 0 Å². The van der Waals surface area contributed by atoms with Crippen molar-refractivity contribution in [1.29, 1.82) is 0 Å². The summed E-state index contributed by atoms with van der Waals surface area (Å²) < 4.78 is 5.28. The van der Waals surface area contributed by atoms with Gasteiger partial charge in [0.1, 0.15) is 18.5 Å². The van der Waals surface area contributed by atoms with Gasteiger partial charge in [-0.2, -0.15) is 0 Å². The van der Waals surface area contributed by atoms with Crippen molar-refractivity contribution in [3.05, 3.63) is 23.5 Å². The molecule has 0 aliphatic rings. The molecule has 0 saturated heterocycles. The van der Waals surface area contributed by atoms with Gasteiger partial charge in [-0.25, -0.2) is 0 Å². The number of nitrogens with two attached hydrogens (primary N) is 1. The Morgan fingerprint density at radius 1 is 1.53 bits per heavy atom. The van der Waals surface area contributed by atoms with Gasteiger partial charge in [-0.15, -0.1) is 0 Å². The lowest BCUT2D eigenvalue weighted by Crippen LogP contribution is -2.22. The molecule has 0 fully saturated rings. The number of hydrogen-bond donors (Lipinski definition) is 3. The van der Waals surface area contributed by atoms with Crippen molar-refractivity contribution in [2.75, 3.05) is 13.2 Å². The van der Waals surface area contributed by atoms with Gasteiger partial charge < -0.3 is 20.7 Å². The lowest BCUT2D eigenvalue weighted by molar-refractivity contribution is 0.0531. The lowest BCUT2D eigenvalue weighted by Gasteiger charge is -2.12. The van der Waals surface area contributed by atoms with Crippen molar-refractivity contribution in [3.63, 3.8) is 0 Å². The lowest BCUT2D eigenvalue weighted by atomic mass is 10.3. The van der Waals surface area contributed by atoms with Gasteiger partial charge in [-0.05, 0) is 19.1 Å². The summed E-state index contributed by atoms with van der Waals surface area (Å²) in [5, 5.41) is 17.7. The van der Waals surface area contributed by atoms with Gasteiger partial charge in [-0.1, -0.05) is 0 Å². The monoisotopic (exact) mass is 212 g/mol. The minimum Gasteiger partial charge on any atom is -0.489 e. The van der Waals surface area contributed by atoms with E-state index in [0.717, 1.165) is 5.69 Å². The molecule has 5 nitrogen and oxygen atoms in total. The Balaban J connectivity index is 2.67. The van der Waals surface area contributed by atoms with E-state index in [2.05, 4.69) is 4.98 Å². The summed E-state index contributed by atoms with van der Waals surface area (Å²) in [5.74, 6) is 0.551. The fraction of sp³-hybridized carbons (Fsp3) is 0.500. The summed E-state index contributed by atoms with van der Waals surface area (Å²) in [6, 6.07) is 3.56. The van der Waals surface area contributed by atoms with Gasteiger partial charge in [0.25, 0.3) is 0 Å². The zero-order valence-electron chi connectivity index (χ0n) is 8.68. The van der Waals surface area contributed by atoms with E-state index < -0.39 is 6.10 Å². The molecule has 1 atom stereocenters. The standard InChI is InChI=1S/C10H16N2O3/c1-7-2-3-10(9(4-11)12-7)15-6-8(14)5-13/h2-3,8,13-14H,4-6,11H2,1H3. The molecule has 84 valence electrons. The first-order valence-electron chi connectivity index (χ1n) is 4.75. The number of aliphatic hydroxyl groups is 2. The normalized spacial score (nSPS) is 12.5. The summed E-state index contributed by atoms with van der Waals surface area (Å²) in [7, 11) is 0. The SMILES string of the molecule is Cc1ccc(OCC(O)CO)c(CN)n1. The van der Waals surface area contributed by atoms with Crippen LogP contribution in [0.3, 0.4) is 0 Å². The zero-order chi connectivity index (χ0) is 11.3. The third-order valence-electron chi connectivity index (χ3n) is 1.91. The summed E-state index contributed by atoms with van der Waals surface area (Å²) >= 11 is 0. The number of aliphatic hydroxyl groups excluding tert-OH is 2. The quantitative estimate of drug-likeness (QED) is 0.617. The van der Waals surface area contributed by atoms with Crippen molar-refractivity contribution < 1.29 is 14.9 Å². The molecule has 1 rings (SSSR count). The van der Waals surface area contributed by atoms with Crippen LogP contribution in [-0.4, -0.2) is 34.5 Å². The zero-order valence-corrected chi connectivity index (χ0v) is 8.68. The van der Waals surface area contributed by atoms with Gasteiger partial charge in [0.05, 0.1) is 12.3 Å². The van der Waals surface area contributed by atoms with E-state index in [0.29, 0.717) is 11.4 Å². The highest BCUT2D eigenvalue weighted by molar-refractivity contribution is 5.29. The molecule has 15 heavy (non-hydrogen) atoms. The number of aryl methyl sites for hydroxylation is 1. The van der Waals surface area contributed by atoms with Gasteiger partial charge >= 0.3 is 0 Å². The molecule has 0 aromatic carbocycles. The topological polar surface area (TPSA) is 88.6 Å². The van der Waals surface area contributed by atoms with Gasteiger partial charge in [0.15, 0.2) is 0 Å². The van der Waals surface area contributed by atoms with Gasteiger partial charge in [0, 0.05) is 12.2 Å². The van der Waals surface area contributed by atoms with Crippen LogP contribution in [0.1, 0.15) is 11.4 Å². The van der Waals surface area contributed by atoms with Crippen molar-refractivity contribution in [1.82, 2.24) is 4.98 Å². The fourth-order valence-corrected chi connectivity index (χ4v) is 1.11. The Labute approximate surface area is 88.5 Å². The summed E-state index contributed by atoms with van der Waals surface area (Å²) in [4.78, 5) is 4.20. The fourth-order valence-electron chi connectivity index (χ4n) is 1.11. The van der Waals surface area contributed by atoms with Crippen LogP contribution in [0.5, 0.6) is 5.75 Å². The highest BCUT2D eigenvalue weighted by Crippen LogP contribution is 2.16. The Hall–Kier alpha value is -1.17. The number of ether oxygens (including phenoxy) is 1. The predicted molar refractivity (Wildman–Crippen MR) is 55.5 cm³/mol. The maximum Gasteiger partial charge on any atom is 0.142 e. The minimum atomic E-state index is -0.878. The van der Waals surface area contributed by atoms with E-state index in [1.807, 2.05) is 6.92 Å². The Morgan fingerprint density at radius 2 is 2.27 bits per heavy atom. The molecule has 0 saturated carbocycles. The second-order valence-electron chi connectivity index (χ2n) is 3.25. The first-order chi connectivity index (χ1) is 7.17. The summed E-state index contributed by atoms with van der Waals surface area (Å²) in [6.07, 6.45) is -0.878. The van der Waals surface area contributed by atoms with Gasteiger partial charge in [-0.3, -0.25) is 4.98 Å². The molecule has 1 aromatic heterocycles. The Morgan fingerprint density at radius 3 is 2.87 bits per heavy atom. The largest absolute Gasteiger partial charge is 0.489 e. The van der Waals surface area contributed by atoms with Crippen LogP contribution >= 0.6 is 0 Å². The van der Waals surface area contributed by atoms with Crippen molar-refractivity contribution in [2.45, 2.75) is 19.6 Å². The van der Waals surface area contributed by atoms with E-state index >= 15 is 0 Å². The molecular weight excluding hydrogens is 196 g/mol. The van der Waals surface area contributed by atoms with E-state index in [1.54, 1.807) is 12.1 Å². The van der Waals surface area contributed by atoms with E-state index in [4.69, 9.17) is 20.7 Å². The highest BCUT2D eigenvalue weighted by Gasteiger charge is 2.07. The molecule has 5 heteroatoms. The van der Waals surface area contributed by atoms with Crippen LogP contribution in [0.4, 0.5) is 0 Å². The second kappa shape index (κ2) is 5.65. The van der Waals surface area contributed by atoms with E-state index in [-0.39, 0.29) is 19.8 Å². The Kier molecular flexibility index (Phi) is 4.48. The van der Waals surface area contributed by atoms with Crippen LogP contribution in [-0.2, 0) is 6.54 Å². The third kappa shape index (κ3) is 3.47. The molecule has 1 heterocycles. The number of rotatable bonds is 5. The van der Waals surface area contributed by atoms with Crippen molar-refractivity contribution in [3.8, 4) is 5.75 Å². The minimum absolute atomic E-state index is 0.0360. The first kappa shape index (κ1) is 11.9. The highest BCUT2D eigenvalue weighted by atomic mass is 16.5. The van der Waals surface area contributed by atoms with Crippen molar-refractivity contribution >= 4 is 0 Å². The van der Waals surface area contributed by atoms with Crippen LogP contribution in [0.25, 0.3) is 0 Å². The molecule has 1 aromatic rings. The van der Waals surface area contributed by atoms with Crippen molar-refractivity contribution in [2.24, 2.45) is 5.73 Å². The van der Waals surface area contributed by atoms with E-state index in [9.17, 15) is 0 Å². The number of pyridine rings is 1. The molecule has 4 N–H and O–H groups in total. The smallest absolute Gasteiger partial charge is 0.142 e. The molecular formula is C10H16N2O3. The molecule has 0 amide bonds. The Bertz CT molecular complexity index is 318. The molecule has 0 spiro atoms. The van der Waals surface area contributed by atoms with Crippen LogP contribution in [0.2, 0.25) is 0 Å². The number of hydrogen-bond acceptors (Lipinski definition) is 5.